The summed E-state index contributed by atoms with van der Waals surface area (Å²) in [6, 6.07) is 19.0. The van der Waals surface area contributed by atoms with Crippen molar-refractivity contribution in [3.63, 3.8) is 0 Å². The number of nitrogens with one attached hydrogen (secondary N) is 1. The smallest absolute Gasteiger partial charge is 0.323 e. The fourth-order valence-electron chi connectivity index (χ4n) is 3.24. The Labute approximate surface area is 169 Å². The van der Waals surface area contributed by atoms with Gasteiger partial charge in [-0.1, -0.05) is 54.6 Å². The Balaban J connectivity index is 1.92. The Kier molecular flexibility index (Phi) is 6.59. The van der Waals surface area contributed by atoms with Gasteiger partial charge in [0.05, 0.1) is 19.4 Å². The van der Waals surface area contributed by atoms with Crippen LogP contribution in [0.5, 0.6) is 5.88 Å². The van der Waals surface area contributed by atoms with Crippen LogP contribution in [0.1, 0.15) is 11.1 Å². The van der Waals surface area contributed by atoms with Gasteiger partial charge in [-0.25, -0.2) is 4.98 Å². The number of hydrogen-bond acceptors (Lipinski definition) is 5. The zero-order valence-corrected chi connectivity index (χ0v) is 16.4. The lowest BCUT2D eigenvalue weighted by atomic mass is 9.94. The van der Waals surface area contributed by atoms with Gasteiger partial charge in [-0.2, -0.15) is 0 Å². The van der Waals surface area contributed by atoms with Gasteiger partial charge in [0.25, 0.3) is 0 Å². The molecule has 0 unspecified atom stereocenters. The lowest BCUT2D eigenvalue weighted by Crippen LogP contribution is -2.39. The van der Waals surface area contributed by atoms with E-state index in [4.69, 9.17) is 14.9 Å². The van der Waals surface area contributed by atoms with Crippen molar-refractivity contribution >= 4 is 5.97 Å². The lowest BCUT2D eigenvalue weighted by Gasteiger charge is -2.15. The first kappa shape index (κ1) is 20.5. The number of rotatable bonds is 8. The highest BCUT2D eigenvalue weighted by molar-refractivity contribution is 5.77. The van der Waals surface area contributed by atoms with Crippen LogP contribution in [-0.4, -0.2) is 40.9 Å². The van der Waals surface area contributed by atoms with Crippen molar-refractivity contribution in [2.24, 2.45) is 0 Å². The molecule has 0 aliphatic heterocycles. The highest BCUT2D eigenvalue weighted by Crippen LogP contribution is 2.32. The quantitative estimate of drug-likeness (QED) is 0.545. The minimum atomic E-state index is -1.11. The zero-order valence-electron chi connectivity index (χ0n) is 16.4. The Bertz CT molecular complexity index is 989. The molecule has 0 amide bonds. The first-order valence-electron chi connectivity index (χ1n) is 9.31. The third kappa shape index (κ3) is 4.62. The van der Waals surface area contributed by atoms with Crippen LogP contribution in [0.15, 0.2) is 60.7 Å². The van der Waals surface area contributed by atoms with Crippen LogP contribution < -0.4 is 10.1 Å². The van der Waals surface area contributed by atoms with E-state index in [1.807, 2.05) is 42.5 Å². The molecule has 29 heavy (non-hydrogen) atoms. The zero-order chi connectivity index (χ0) is 20.8. The lowest BCUT2D eigenvalue weighted by molar-refractivity contribution is -0.140. The molecular weight excluding hydrogens is 368 g/mol. The van der Waals surface area contributed by atoms with E-state index in [0.717, 1.165) is 27.9 Å². The Morgan fingerprint density at radius 2 is 1.79 bits per heavy atom. The van der Waals surface area contributed by atoms with Gasteiger partial charge >= 0.3 is 5.97 Å². The maximum Gasteiger partial charge on any atom is 0.323 e. The molecule has 6 heteroatoms. The standard InChI is InChI=1S/C23H24N2O4/c1-15-18(16-7-4-3-5-8-16)9-6-10-19(15)20-12-11-17(22(25-20)29-2)13-24-21(14-26)23(27)28/h3-12,21,24,26H,13-14H2,1-2H3,(H,27,28)/t21-/m0/s1. The predicted molar refractivity (Wildman–Crippen MR) is 112 cm³/mol. The number of carboxylic acid groups (broad SMARTS) is 1. The number of pyridine rings is 1. The number of hydrogen-bond donors (Lipinski definition) is 3. The SMILES string of the molecule is COc1nc(-c2cccc(-c3ccccc3)c2C)ccc1CN[C@@H](CO)C(=O)O. The summed E-state index contributed by atoms with van der Waals surface area (Å²) >= 11 is 0. The molecule has 1 heterocycles. The van der Waals surface area contributed by atoms with Crippen molar-refractivity contribution in [1.29, 1.82) is 0 Å². The average molecular weight is 392 g/mol. The summed E-state index contributed by atoms with van der Waals surface area (Å²) in [4.78, 5) is 15.7. The Hall–Kier alpha value is -3.22. The summed E-state index contributed by atoms with van der Waals surface area (Å²) in [7, 11) is 1.53. The number of aliphatic hydroxyl groups excluding tert-OH is 1. The van der Waals surface area contributed by atoms with Gasteiger partial charge in [0.1, 0.15) is 6.04 Å². The second-order valence-corrected chi connectivity index (χ2v) is 6.66. The topological polar surface area (TPSA) is 91.7 Å². The van der Waals surface area contributed by atoms with Gasteiger partial charge in [0, 0.05) is 17.7 Å². The minimum absolute atomic E-state index is 0.219. The number of aromatic nitrogens is 1. The Morgan fingerprint density at radius 1 is 1.07 bits per heavy atom. The predicted octanol–water partition coefficient (Wildman–Crippen LogP) is 3.27. The molecule has 1 aromatic heterocycles. The van der Waals surface area contributed by atoms with Crippen LogP contribution in [0.4, 0.5) is 0 Å². The highest BCUT2D eigenvalue weighted by Gasteiger charge is 2.17. The summed E-state index contributed by atoms with van der Waals surface area (Å²) in [5.74, 6) is -0.689. The van der Waals surface area contributed by atoms with Crippen LogP contribution in [-0.2, 0) is 11.3 Å². The molecular formula is C23H24N2O4. The summed E-state index contributed by atoms with van der Waals surface area (Å²) in [6.45, 7) is 1.80. The van der Waals surface area contributed by atoms with Crippen molar-refractivity contribution in [2.45, 2.75) is 19.5 Å². The molecule has 0 fully saturated rings. The summed E-state index contributed by atoms with van der Waals surface area (Å²) in [6.07, 6.45) is 0. The summed E-state index contributed by atoms with van der Waals surface area (Å²) < 4.78 is 5.43. The Morgan fingerprint density at radius 3 is 2.45 bits per heavy atom. The van der Waals surface area contributed by atoms with Crippen LogP contribution in [0.25, 0.3) is 22.4 Å². The number of nitrogens with zero attached hydrogens (tertiary/aromatic N) is 1. The molecule has 1 atom stereocenters. The van der Waals surface area contributed by atoms with Crippen LogP contribution >= 0.6 is 0 Å². The number of carbonyl (C=O) groups is 1. The molecule has 3 rings (SSSR count). The van der Waals surface area contributed by atoms with Gasteiger partial charge in [-0.15, -0.1) is 0 Å². The summed E-state index contributed by atoms with van der Waals surface area (Å²) in [5, 5.41) is 21.0. The van der Waals surface area contributed by atoms with E-state index in [1.54, 1.807) is 0 Å². The van der Waals surface area contributed by atoms with E-state index in [-0.39, 0.29) is 6.54 Å². The number of methoxy groups -OCH3 is 1. The number of aliphatic carboxylic acids is 1. The highest BCUT2D eigenvalue weighted by atomic mass is 16.5. The van der Waals surface area contributed by atoms with Gasteiger partial charge in [0.15, 0.2) is 0 Å². The molecule has 0 bridgehead atoms. The molecule has 0 spiro atoms. The molecule has 0 aliphatic carbocycles. The van der Waals surface area contributed by atoms with Gasteiger partial charge in [-0.05, 0) is 29.7 Å². The van der Waals surface area contributed by atoms with E-state index >= 15 is 0 Å². The number of carboxylic acids is 1. The molecule has 0 radical (unpaired) electrons. The first-order chi connectivity index (χ1) is 14.0. The third-order valence-electron chi connectivity index (χ3n) is 4.85. The first-order valence-corrected chi connectivity index (χ1v) is 9.31. The molecule has 0 saturated heterocycles. The molecule has 3 N–H and O–H groups in total. The van der Waals surface area contributed by atoms with Crippen molar-refractivity contribution in [3.8, 4) is 28.3 Å². The maximum absolute atomic E-state index is 11.1. The number of aliphatic hydroxyl groups is 1. The normalized spacial score (nSPS) is 11.8. The van der Waals surface area contributed by atoms with Crippen molar-refractivity contribution in [2.75, 3.05) is 13.7 Å². The largest absolute Gasteiger partial charge is 0.481 e. The third-order valence-corrected chi connectivity index (χ3v) is 4.85. The van der Waals surface area contributed by atoms with Crippen molar-refractivity contribution < 1.29 is 19.7 Å². The number of benzene rings is 2. The average Bonchev–Trinajstić information content (AvgIpc) is 2.75. The van der Waals surface area contributed by atoms with Crippen LogP contribution in [0.2, 0.25) is 0 Å². The van der Waals surface area contributed by atoms with Gasteiger partial charge in [-0.3, -0.25) is 10.1 Å². The second-order valence-electron chi connectivity index (χ2n) is 6.66. The molecule has 150 valence electrons. The minimum Gasteiger partial charge on any atom is -0.481 e. The van der Waals surface area contributed by atoms with E-state index < -0.39 is 18.6 Å². The van der Waals surface area contributed by atoms with Crippen LogP contribution in [0.3, 0.4) is 0 Å². The fourth-order valence-corrected chi connectivity index (χ4v) is 3.24. The molecule has 0 saturated carbocycles. The molecule has 0 aliphatic rings. The monoisotopic (exact) mass is 392 g/mol. The molecule has 2 aromatic carbocycles. The molecule has 6 nitrogen and oxygen atoms in total. The second kappa shape index (κ2) is 9.32. The van der Waals surface area contributed by atoms with Crippen LogP contribution in [0, 0.1) is 6.92 Å². The van der Waals surface area contributed by atoms with Crippen molar-refractivity contribution in [3.05, 3.63) is 71.8 Å². The van der Waals surface area contributed by atoms with E-state index in [9.17, 15) is 4.79 Å². The van der Waals surface area contributed by atoms with Gasteiger partial charge in [0.2, 0.25) is 5.88 Å². The maximum atomic E-state index is 11.1. The van der Waals surface area contributed by atoms with E-state index in [1.165, 1.54) is 7.11 Å². The van der Waals surface area contributed by atoms with E-state index in [2.05, 4.69) is 35.4 Å². The van der Waals surface area contributed by atoms with Crippen molar-refractivity contribution in [1.82, 2.24) is 10.3 Å². The fraction of sp³-hybridized carbons (Fsp3) is 0.217. The van der Waals surface area contributed by atoms with E-state index in [0.29, 0.717) is 11.4 Å². The summed E-state index contributed by atoms with van der Waals surface area (Å²) in [5.41, 5.74) is 5.89. The van der Waals surface area contributed by atoms with Gasteiger partial charge < -0.3 is 14.9 Å². The molecule has 3 aromatic rings. The number of ether oxygens (including phenoxy) is 1.